The summed E-state index contributed by atoms with van der Waals surface area (Å²) in [5.41, 5.74) is 1.80. The van der Waals surface area contributed by atoms with E-state index in [1.54, 1.807) is 7.11 Å². The Bertz CT molecular complexity index is 446. The highest BCUT2D eigenvalue weighted by molar-refractivity contribution is 5.80. The number of hydrogen-bond donors (Lipinski definition) is 2. The van der Waals surface area contributed by atoms with Gasteiger partial charge in [-0.1, -0.05) is 12.6 Å². The highest BCUT2D eigenvalue weighted by Crippen LogP contribution is 2.17. The minimum Gasteiger partial charge on any atom is -0.489 e. The lowest BCUT2D eigenvalue weighted by molar-refractivity contribution is -0.119. The minimum absolute atomic E-state index is 0.0738. The molecule has 0 spiro atoms. The van der Waals surface area contributed by atoms with Crippen LogP contribution in [0.25, 0.3) is 0 Å². The molecule has 0 unspecified atom stereocenters. The number of amides is 1. The Balaban J connectivity index is 2.38. The van der Waals surface area contributed by atoms with E-state index in [4.69, 9.17) is 9.47 Å². The Morgan fingerprint density at radius 2 is 2.20 bits per heavy atom. The first-order valence-electron chi connectivity index (χ1n) is 6.48. The quantitative estimate of drug-likeness (QED) is 0.534. The Kier molecular flexibility index (Phi) is 7.21. The summed E-state index contributed by atoms with van der Waals surface area (Å²) in [6.07, 6.45) is 0. The molecule has 2 N–H and O–H groups in total. The van der Waals surface area contributed by atoms with Gasteiger partial charge in [-0.25, -0.2) is 0 Å². The van der Waals surface area contributed by atoms with Gasteiger partial charge in [-0.05, 0) is 24.6 Å². The Morgan fingerprint density at radius 3 is 2.90 bits per heavy atom. The summed E-state index contributed by atoms with van der Waals surface area (Å²) in [7, 11) is 1.60. The van der Waals surface area contributed by atoms with Gasteiger partial charge in [0.15, 0.2) is 0 Å². The molecule has 0 saturated heterocycles. The van der Waals surface area contributed by atoms with Gasteiger partial charge in [0.25, 0.3) is 0 Å². The van der Waals surface area contributed by atoms with Crippen molar-refractivity contribution in [3.05, 3.63) is 36.4 Å². The molecule has 0 aromatic heterocycles. The third-order valence-electron chi connectivity index (χ3n) is 2.40. The Hall–Kier alpha value is -2.01. The number of nitrogens with one attached hydrogen (secondary N) is 2. The SMILES string of the molecule is C=C(C)COc1cccc(NCC(=O)NCCOC)c1. The molecule has 110 valence electrons. The summed E-state index contributed by atoms with van der Waals surface area (Å²) in [6.45, 7) is 7.42. The summed E-state index contributed by atoms with van der Waals surface area (Å²) in [5, 5.41) is 5.78. The van der Waals surface area contributed by atoms with Gasteiger partial charge in [0.2, 0.25) is 5.91 Å². The molecule has 5 nitrogen and oxygen atoms in total. The zero-order valence-electron chi connectivity index (χ0n) is 12.1. The average molecular weight is 278 g/mol. The number of benzene rings is 1. The fraction of sp³-hybridized carbons (Fsp3) is 0.400. The molecule has 0 bridgehead atoms. The molecular formula is C15H22N2O3. The second-order valence-corrected chi connectivity index (χ2v) is 4.47. The lowest BCUT2D eigenvalue weighted by Gasteiger charge is -2.10. The van der Waals surface area contributed by atoms with Crippen LogP contribution in [0.3, 0.4) is 0 Å². The third-order valence-corrected chi connectivity index (χ3v) is 2.40. The fourth-order valence-corrected chi connectivity index (χ4v) is 1.44. The maximum atomic E-state index is 11.5. The summed E-state index contributed by atoms with van der Waals surface area (Å²) in [5.74, 6) is 0.674. The van der Waals surface area contributed by atoms with Crippen molar-refractivity contribution in [2.45, 2.75) is 6.92 Å². The van der Waals surface area contributed by atoms with Crippen molar-refractivity contribution in [3.63, 3.8) is 0 Å². The van der Waals surface area contributed by atoms with Crippen LogP contribution in [0.4, 0.5) is 5.69 Å². The van der Waals surface area contributed by atoms with Crippen molar-refractivity contribution >= 4 is 11.6 Å². The first-order chi connectivity index (χ1) is 9.61. The summed E-state index contributed by atoms with van der Waals surface area (Å²) >= 11 is 0. The van der Waals surface area contributed by atoms with Crippen LogP contribution in [0, 0.1) is 0 Å². The van der Waals surface area contributed by atoms with Crippen LogP contribution in [-0.4, -0.2) is 39.3 Å². The summed E-state index contributed by atoms with van der Waals surface area (Å²) < 4.78 is 10.4. The van der Waals surface area contributed by atoms with Crippen LogP contribution in [-0.2, 0) is 9.53 Å². The van der Waals surface area contributed by atoms with Crippen molar-refractivity contribution in [1.82, 2.24) is 5.32 Å². The van der Waals surface area contributed by atoms with Crippen LogP contribution in [0.2, 0.25) is 0 Å². The molecule has 0 heterocycles. The van der Waals surface area contributed by atoms with Crippen molar-refractivity contribution < 1.29 is 14.3 Å². The second-order valence-electron chi connectivity index (χ2n) is 4.47. The van der Waals surface area contributed by atoms with Gasteiger partial charge in [0.1, 0.15) is 12.4 Å². The van der Waals surface area contributed by atoms with E-state index >= 15 is 0 Å². The van der Waals surface area contributed by atoms with E-state index < -0.39 is 0 Å². The Labute approximate surface area is 120 Å². The van der Waals surface area contributed by atoms with Crippen LogP contribution in [0.1, 0.15) is 6.92 Å². The summed E-state index contributed by atoms with van der Waals surface area (Å²) in [4.78, 5) is 11.5. The zero-order valence-corrected chi connectivity index (χ0v) is 12.1. The summed E-state index contributed by atoms with van der Waals surface area (Å²) in [6, 6.07) is 7.48. The van der Waals surface area contributed by atoms with Gasteiger partial charge >= 0.3 is 0 Å². The maximum absolute atomic E-state index is 11.5. The molecule has 0 atom stereocenters. The largest absolute Gasteiger partial charge is 0.489 e. The standard InChI is InChI=1S/C15H22N2O3/c1-12(2)11-20-14-6-4-5-13(9-14)17-10-15(18)16-7-8-19-3/h4-6,9,17H,1,7-8,10-11H2,2-3H3,(H,16,18). The van der Waals surface area contributed by atoms with Gasteiger partial charge in [-0.3, -0.25) is 4.79 Å². The van der Waals surface area contributed by atoms with Crippen molar-refractivity contribution in [2.75, 3.05) is 38.7 Å². The van der Waals surface area contributed by atoms with Gasteiger partial charge in [-0.2, -0.15) is 0 Å². The highest BCUT2D eigenvalue weighted by Gasteiger charge is 2.01. The molecule has 0 aliphatic heterocycles. The van der Waals surface area contributed by atoms with Gasteiger partial charge in [0.05, 0.1) is 13.2 Å². The van der Waals surface area contributed by atoms with E-state index in [0.29, 0.717) is 19.8 Å². The molecule has 0 radical (unpaired) electrons. The number of hydrogen-bond acceptors (Lipinski definition) is 4. The van der Waals surface area contributed by atoms with Crippen LogP contribution < -0.4 is 15.4 Å². The highest BCUT2D eigenvalue weighted by atomic mass is 16.5. The topological polar surface area (TPSA) is 59.6 Å². The van der Waals surface area contributed by atoms with Crippen molar-refractivity contribution in [1.29, 1.82) is 0 Å². The first kappa shape index (κ1) is 16.0. The number of carbonyl (C=O) groups excluding carboxylic acids is 1. The Morgan fingerprint density at radius 1 is 1.40 bits per heavy atom. The van der Waals surface area contributed by atoms with Gasteiger partial charge < -0.3 is 20.1 Å². The molecule has 0 aliphatic carbocycles. The van der Waals surface area contributed by atoms with E-state index in [0.717, 1.165) is 17.0 Å². The van der Waals surface area contributed by atoms with Crippen LogP contribution in [0.15, 0.2) is 36.4 Å². The lowest BCUT2D eigenvalue weighted by Crippen LogP contribution is -2.32. The predicted octanol–water partition coefficient (Wildman–Crippen LogP) is 1.82. The molecule has 1 amide bonds. The first-order valence-corrected chi connectivity index (χ1v) is 6.48. The minimum atomic E-state index is -0.0738. The molecular weight excluding hydrogens is 256 g/mol. The molecule has 5 heteroatoms. The van der Waals surface area contributed by atoms with Gasteiger partial charge in [-0.15, -0.1) is 0 Å². The number of carbonyl (C=O) groups is 1. The normalized spacial score (nSPS) is 9.90. The number of methoxy groups -OCH3 is 1. The van der Waals surface area contributed by atoms with E-state index in [9.17, 15) is 4.79 Å². The van der Waals surface area contributed by atoms with Crippen LogP contribution in [0.5, 0.6) is 5.75 Å². The van der Waals surface area contributed by atoms with E-state index in [-0.39, 0.29) is 12.5 Å². The van der Waals surface area contributed by atoms with Crippen molar-refractivity contribution in [2.24, 2.45) is 0 Å². The maximum Gasteiger partial charge on any atom is 0.239 e. The number of rotatable bonds is 9. The fourth-order valence-electron chi connectivity index (χ4n) is 1.44. The molecule has 0 saturated carbocycles. The lowest BCUT2D eigenvalue weighted by atomic mass is 10.3. The van der Waals surface area contributed by atoms with Crippen LogP contribution >= 0.6 is 0 Å². The number of ether oxygens (including phenoxy) is 2. The molecule has 20 heavy (non-hydrogen) atoms. The van der Waals surface area contributed by atoms with Crippen molar-refractivity contribution in [3.8, 4) is 5.75 Å². The average Bonchev–Trinajstić information content (AvgIpc) is 2.44. The molecule has 0 aliphatic rings. The second kappa shape index (κ2) is 8.98. The smallest absolute Gasteiger partial charge is 0.239 e. The molecule has 1 aromatic carbocycles. The van der Waals surface area contributed by atoms with E-state index in [1.807, 2.05) is 31.2 Å². The van der Waals surface area contributed by atoms with E-state index in [2.05, 4.69) is 17.2 Å². The number of anilines is 1. The molecule has 0 fully saturated rings. The van der Waals surface area contributed by atoms with Gasteiger partial charge in [0, 0.05) is 25.4 Å². The third kappa shape index (κ3) is 6.80. The molecule has 1 rings (SSSR count). The van der Waals surface area contributed by atoms with E-state index in [1.165, 1.54) is 0 Å². The predicted molar refractivity (Wildman–Crippen MR) is 80.1 cm³/mol. The molecule has 1 aromatic rings. The zero-order chi connectivity index (χ0) is 14.8. The monoisotopic (exact) mass is 278 g/mol.